The van der Waals surface area contributed by atoms with Crippen molar-refractivity contribution in [3.05, 3.63) is 59.1 Å². The predicted molar refractivity (Wildman–Crippen MR) is 112 cm³/mol. The second-order valence-corrected chi connectivity index (χ2v) is 7.51. The summed E-state index contributed by atoms with van der Waals surface area (Å²) in [6.45, 7) is 1.91. The fourth-order valence-corrected chi connectivity index (χ4v) is 3.84. The summed E-state index contributed by atoms with van der Waals surface area (Å²) in [5.74, 6) is 1.54. The summed E-state index contributed by atoms with van der Waals surface area (Å²) in [6.07, 6.45) is 0. The van der Waals surface area contributed by atoms with E-state index in [9.17, 15) is 4.79 Å². The van der Waals surface area contributed by atoms with Crippen molar-refractivity contribution in [2.24, 2.45) is 7.05 Å². The highest BCUT2D eigenvalue weighted by Crippen LogP contribution is 2.30. The smallest absolute Gasteiger partial charge is 0.230 e. The van der Waals surface area contributed by atoms with Crippen LogP contribution in [0, 0.1) is 0 Å². The number of para-hydroxylation sites is 1. The highest BCUT2D eigenvalue weighted by molar-refractivity contribution is 7.99. The summed E-state index contributed by atoms with van der Waals surface area (Å²) in [5, 5.41) is 12.7. The molecule has 0 saturated carbocycles. The van der Waals surface area contributed by atoms with Crippen LogP contribution in [0.4, 0.5) is 0 Å². The van der Waals surface area contributed by atoms with Crippen molar-refractivity contribution in [2.75, 3.05) is 12.9 Å². The molecule has 1 heterocycles. The third kappa shape index (κ3) is 4.48. The lowest BCUT2D eigenvalue weighted by molar-refractivity contribution is -0.119. The normalized spacial score (nSPS) is 11.9. The largest absolute Gasteiger partial charge is 0.496 e. The molecule has 0 radical (unpaired) electrons. The van der Waals surface area contributed by atoms with Crippen LogP contribution < -0.4 is 10.1 Å². The van der Waals surface area contributed by atoms with Gasteiger partial charge in [-0.25, -0.2) is 0 Å². The van der Waals surface area contributed by atoms with E-state index in [0.29, 0.717) is 16.0 Å². The number of halogens is 1. The number of amides is 1. The standard InChI is InChI=1S/C20H21ClN4O2S/c1-13(14-8-4-6-10-16(14)21)22-18(26)12-28-20-24-23-19(25(20)2)15-9-5-7-11-17(15)27-3/h4-11,13H,12H2,1-3H3,(H,22,26)/t13-/m1/s1. The third-order valence-electron chi connectivity index (χ3n) is 4.26. The maximum atomic E-state index is 12.3. The number of hydrogen-bond donors (Lipinski definition) is 1. The van der Waals surface area contributed by atoms with Crippen LogP contribution in [0.25, 0.3) is 11.4 Å². The van der Waals surface area contributed by atoms with Crippen LogP contribution in [0.5, 0.6) is 5.75 Å². The SMILES string of the molecule is COc1ccccc1-c1nnc(SCC(=O)N[C@H](C)c2ccccc2Cl)n1C. The molecule has 0 fully saturated rings. The lowest BCUT2D eigenvalue weighted by Crippen LogP contribution is -2.28. The van der Waals surface area contributed by atoms with Gasteiger partial charge in [0.2, 0.25) is 5.91 Å². The van der Waals surface area contributed by atoms with Gasteiger partial charge in [0.25, 0.3) is 0 Å². The Hall–Kier alpha value is -2.51. The van der Waals surface area contributed by atoms with E-state index < -0.39 is 0 Å². The van der Waals surface area contributed by atoms with E-state index in [1.54, 1.807) is 7.11 Å². The zero-order chi connectivity index (χ0) is 20.1. The molecule has 0 unspecified atom stereocenters. The second kappa shape index (κ2) is 9.12. The molecule has 1 atom stereocenters. The van der Waals surface area contributed by atoms with Crippen LogP contribution in [-0.2, 0) is 11.8 Å². The number of thioether (sulfide) groups is 1. The van der Waals surface area contributed by atoms with Crippen LogP contribution in [0.3, 0.4) is 0 Å². The Labute approximate surface area is 173 Å². The van der Waals surface area contributed by atoms with Crippen molar-refractivity contribution in [1.82, 2.24) is 20.1 Å². The molecule has 1 N–H and O–H groups in total. The van der Waals surface area contributed by atoms with E-state index in [4.69, 9.17) is 16.3 Å². The monoisotopic (exact) mass is 416 g/mol. The zero-order valence-electron chi connectivity index (χ0n) is 15.8. The minimum absolute atomic E-state index is 0.0979. The van der Waals surface area contributed by atoms with Gasteiger partial charge in [-0.05, 0) is 30.7 Å². The number of carbonyl (C=O) groups is 1. The molecule has 0 aliphatic heterocycles. The Bertz CT molecular complexity index is 976. The number of hydrogen-bond acceptors (Lipinski definition) is 5. The van der Waals surface area contributed by atoms with Crippen molar-refractivity contribution in [2.45, 2.75) is 18.1 Å². The van der Waals surface area contributed by atoms with Gasteiger partial charge >= 0.3 is 0 Å². The Morgan fingerprint density at radius 1 is 1.21 bits per heavy atom. The summed E-state index contributed by atoms with van der Waals surface area (Å²) >= 11 is 7.52. The highest BCUT2D eigenvalue weighted by Gasteiger charge is 2.17. The molecule has 2 aromatic carbocycles. The first-order valence-corrected chi connectivity index (χ1v) is 10.1. The molecule has 1 amide bonds. The number of ether oxygens (including phenoxy) is 1. The minimum atomic E-state index is -0.176. The van der Waals surface area contributed by atoms with Crippen molar-refractivity contribution < 1.29 is 9.53 Å². The number of methoxy groups -OCH3 is 1. The van der Waals surface area contributed by atoms with Gasteiger partial charge in [-0.1, -0.05) is 53.7 Å². The van der Waals surface area contributed by atoms with E-state index >= 15 is 0 Å². The molecule has 1 aromatic heterocycles. The molecule has 0 aliphatic rings. The van der Waals surface area contributed by atoms with Gasteiger partial charge < -0.3 is 14.6 Å². The first-order valence-electron chi connectivity index (χ1n) is 8.70. The Morgan fingerprint density at radius 2 is 1.93 bits per heavy atom. The molecule has 6 nitrogen and oxygen atoms in total. The molecule has 0 spiro atoms. The quantitative estimate of drug-likeness (QED) is 0.587. The van der Waals surface area contributed by atoms with E-state index in [2.05, 4.69) is 15.5 Å². The van der Waals surface area contributed by atoms with Gasteiger partial charge in [-0.15, -0.1) is 10.2 Å². The molecule has 3 rings (SSSR count). The first kappa shape index (κ1) is 20.2. The molecule has 0 aliphatic carbocycles. The average molecular weight is 417 g/mol. The maximum absolute atomic E-state index is 12.3. The Morgan fingerprint density at radius 3 is 2.68 bits per heavy atom. The molecular formula is C20H21ClN4O2S. The molecule has 8 heteroatoms. The number of rotatable bonds is 7. The number of nitrogens with one attached hydrogen (secondary N) is 1. The van der Waals surface area contributed by atoms with Gasteiger partial charge in [-0.2, -0.15) is 0 Å². The third-order valence-corrected chi connectivity index (χ3v) is 5.63. The van der Waals surface area contributed by atoms with Crippen LogP contribution in [0.15, 0.2) is 53.7 Å². The Kier molecular flexibility index (Phi) is 6.59. The van der Waals surface area contributed by atoms with Crippen molar-refractivity contribution in [1.29, 1.82) is 0 Å². The fourth-order valence-electron chi connectivity index (χ4n) is 2.82. The van der Waals surface area contributed by atoms with E-state index in [-0.39, 0.29) is 17.7 Å². The van der Waals surface area contributed by atoms with Gasteiger partial charge in [0.1, 0.15) is 5.75 Å². The van der Waals surface area contributed by atoms with Crippen molar-refractivity contribution >= 4 is 29.3 Å². The van der Waals surface area contributed by atoms with Crippen LogP contribution in [0.2, 0.25) is 5.02 Å². The lowest BCUT2D eigenvalue weighted by Gasteiger charge is -2.15. The molecular weight excluding hydrogens is 396 g/mol. The van der Waals surface area contributed by atoms with E-state index in [1.807, 2.05) is 67.1 Å². The summed E-state index contributed by atoms with van der Waals surface area (Å²) in [5.41, 5.74) is 1.74. The van der Waals surface area contributed by atoms with Gasteiger partial charge in [-0.3, -0.25) is 4.79 Å². The molecule has 28 heavy (non-hydrogen) atoms. The summed E-state index contributed by atoms with van der Waals surface area (Å²) < 4.78 is 7.25. The summed E-state index contributed by atoms with van der Waals surface area (Å²) in [7, 11) is 3.49. The minimum Gasteiger partial charge on any atom is -0.496 e. The fraction of sp³-hybridized carbons (Fsp3) is 0.250. The van der Waals surface area contributed by atoms with Crippen molar-refractivity contribution in [3.63, 3.8) is 0 Å². The Balaban J connectivity index is 1.65. The lowest BCUT2D eigenvalue weighted by atomic mass is 10.1. The van der Waals surface area contributed by atoms with Crippen LogP contribution in [-0.4, -0.2) is 33.5 Å². The summed E-state index contributed by atoms with van der Waals surface area (Å²) in [4.78, 5) is 12.3. The molecule has 146 valence electrons. The number of aromatic nitrogens is 3. The molecule has 0 saturated heterocycles. The van der Waals surface area contributed by atoms with Gasteiger partial charge in [0, 0.05) is 12.1 Å². The molecule has 0 bridgehead atoms. The topological polar surface area (TPSA) is 69.0 Å². The number of benzene rings is 2. The van der Waals surface area contributed by atoms with Crippen LogP contribution in [0.1, 0.15) is 18.5 Å². The predicted octanol–water partition coefficient (Wildman–Crippen LogP) is 4.11. The average Bonchev–Trinajstić information content (AvgIpc) is 3.06. The van der Waals surface area contributed by atoms with Crippen LogP contribution >= 0.6 is 23.4 Å². The second-order valence-electron chi connectivity index (χ2n) is 6.16. The zero-order valence-corrected chi connectivity index (χ0v) is 17.4. The highest BCUT2D eigenvalue weighted by atomic mass is 35.5. The summed E-state index contributed by atoms with van der Waals surface area (Å²) in [6, 6.07) is 14.9. The van der Waals surface area contributed by atoms with Gasteiger partial charge in [0.15, 0.2) is 11.0 Å². The van der Waals surface area contributed by atoms with Crippen molar-refractivity contribution in [3.8, 4) is 17.1 Å². The van der Waals surface area contributed by atoms with E-state index in [1.165, 1.54) is 11.8 Å². The first-order chi connectivity index (χ1) is 13.5. The maximum Gasteiger partial charge on any atom is 0.230 e. The molecule has 3 aromatic rings. The number of nitrogens with zero attached hydrogens (tertiary/aromatic N) is 3. The van der Waals surface area contributed by atoms with E-state index in [0.717, 1.165) is 16.9 Å². The number of carbonyl (C=O) groups excluding carboxylic acids is 1. The van der Waals surface area contributed by atoms with Gasteiger partial charge in [0.05, 0.1) is 24.5 Å².